The number of primary amides is 1. The van der Waals surface area contributed by atoms with Crippen LogP contribution in [0, 0.1) is 0 Å². The highest BCUT2D eigenvalue weighted by atomic mass is 16.5. The van der Waals surface area contributed by atoms with E-state index in [-0.39, 0.29) is 12.5 Å². The molecule has 114 valence electrons. The summed E-state index contributed by atoms with van der Waals surface area (Å²) in [6.45, 7) is 2.51. The fourth-order valence-corrected chi connectivity index (χ4v) is 1.79. The molecule has 0 fully saturated rings. The number of nitrogens with zero attached hydrogens (tertiary/aromatic N) is 1. The molecule has 0 saturated heterocycles. The van der Waals surface area contributed by atoms with Gasteiger partial charge in [-0.3, -0.25) is 9.59 Å². The molecule has 0 aliphatic heterocycles. The van der Waals surface area contributed by atoms with Gasteiger partial charge in [0.25, 0.3) is 0 Å². The second-order valence-corrected chi connectivity index (χ2v) is 4.69. The predicted octanol–water partition coefficient (Wildman–Crippen LogP) is 1.82. The maximum Gasteiger partial charge on any atom is 0.247 e. The number of carbonyl (C=O) groups is 2. The summed E-state index contributed by atoms with van der Waals surface area (Å²) in [7, 11) is 1.60. The molecule has 1 aromatic rings. The fourth-order valence-electron chi connectivity index (χ4n) is 1.79. The Hall–Kier alpha value is -2.30. The zero-order valence-corrected chi connectivity index (χ0v) is 12.5. The van der Waals surface area contributed by atoms with Crippen LogP contribution in [0.15, 0.2) is 30.3 Å². The average Bonchev–Trinajstić information content (AvgIpc) is 2.49. The quantitative estimate of drug-likeness (QED) is 0.742. The molecule has 0 aliphatic rings. The van der Waals surface area contributed by atoms with E-state index >= 15 is 0 Å². The van der Waals surface area contributed by atoms with Crippen LogP contribution in [-0.2, 0) is 9.59 Å². The van der Waals surface area contributed by atoms with Crippen LogP contribution >= 0.6 is 0 Å². The first-order valence-electron chi connectivity index (χ1n) is 6.96. The molecule has 2 amide bonds. The third kappa shape index (κ3) is 6.12. The number of ether oxygens (including phenoxy) is 1. The van der Waals surface area contributed by atoms with E-state index in [0.717, 1.165) is 24.2 Å². The van der Waals surface area contributed by atoms with Gasteiger partial charge in [0, 0.05) is 12.6 Å². The van der Waals surface area contributed by atoms with E-state index < -0.39 is 5.91 Å². The van der Waals surface area contributed by atoms with Crippen molar-refractivity contribution >= 4 is 17.9 Å². The lowest BCUT2D eigenvalue weighted by atomic mass is 10.2. The zero-order chi connectivity index (χ0) is 15.7. The molecular formula is C16H22N2O3. The number of nitrogens with two attached hydrogens (primary N) is 1. The molecule has 0 aromatic heterocycles. The van der Waals surface area contributed by atoms with E-state index in [1.54, 1.807) is 13.2 Å². The van der Waals surface area contributed by atoms with Crippen molar-refractivity contribution in [2.45, 2.75) is 19.8 Å². The summed E-state index contributed by atoms with van der Waals surface area (Å²) in [6.07, 6.45) is 4.96. The second kappa shape index (κ2) is 8.79. The molecule has 0 heterocycles. The third-order valence-electron chi connectivity index (χ3n) is 2.97. The highest BCUT2D eigenvalue weighted by molar-refractivity contribution is 5.94. The molecule has 5 nitrogen and oxygen atoms in total. The smallest absolute Gasteiger partial charge is 0.247 e. The first-order valence-corrected chi connectivity index (χ1v) is 6.96. The minimum absolute atomic E-state index is 0.0498. The monoisotopic (exact) mass is 290 g/mol. The minimum Gasteiger partial charge on any atom is -0.497 e. The Morgan fingerprint density at radius 1 is 1.29 bits per heavy atom. The van der Waals surface area contributed by atoms with Crippen LogP contribution in [0.5, 0.6) is 5.75 Å². The van der Waals surface area contributed by atoms with E-state index in [2.05, 4.69) is 0 Å². The molecule has 1 rings (SSSR count). The third-order valence-corrected chi connectivity index (χ3v) is 2.97. The highest BCUT2D eigenvalue weighted by Crippen LogP contribution is 2.12. The maximum absolute atomic E-state index is 12.1. The largest absolute Gasteiger partial charge is 0.497 e. The number of hydrogen-bond acceptors (Lipinski definition) is 3. The molecule has 0 spiro atoms. The van der Waals surface area contributed by atoms with E-state index in [1.807, 2.05) is 31.2 Å². The van der Waals surface area contributed by atoms with Gasteiger partial charge in [-0.1, -0.05) is 25.5 Å². The van der Waals surface area contributed by atoms with Crippen LogP contribution in [0.2, 0.25) is 0 Å². The molecule has 0 radical (unpaired) electrons. The molecule has 0 atom stereocenters. The Morgan fingerprint density at radius 3 is 2.48 bits per heavy atom. The summed E-state index contributed by atoms with van der Waals surface area (Å²) < 4.78 is 5.07. The zero-order valence-electron chi connectivity index (χ0n) is 12.5. The fraction of sp³-hybridized carbons (Fsp3) is 0.375. The van der Waals surface area contributed by atoms with Gasteiger partial charge in [-0.05, 0) is 30.2 Å². The summed E-state index contributed by atoms with van der Waals surface area (Å²) in [6, 6.07) is 7.35. The minimum atomic E-state index is -0.502. The topological polar surface area (TPSA) is 72.6 Å². The number of benzene rings is 1. The van der Waals surface area contributed by atoms with Gasteiger partial charge in [-0.2, -0.15) is 0 Å². The van der Waals surface area contributed by atoms with Gasteiger partial charge in [-0.25, -0.2) is 0 Å². The molecule has 2 N–H and O–H groups in total. The Kier molecular flexibility index (Phi) is 7.01. The number of methoxy groups -OCH3 is 1. The van der Waals surface area contributed by atoms with Gasteiger partial charge in [0.2, 0.25) is 11.8 Å². The number of hydrogen-bond donors (Lipinski definition) is 1. The lowest BCUT2D eigenvalue weighted by Gasteiger charge is -2.18. The second-order valence-electron chi connectivity index (χ2n) is 4.69. The number of amides is 2. The summed E-state index contributed by atoms with van der Waals surface area (Å²) in [5.41, 5.74) is 6.06. The van der Waals surface area contributed by atoms with Crippen molar-refractivity contribution in [3.8, 4) is 5.75 Å². The van der Waals surface area contributed by atoms with Crippen molar-refractivity contribution in [3.05, 3.63) is 35.9 Å². The highest BCUT2D eigenvalue weighted by Gasteiger charge is 2.12. The van der Waals surface area contributed by atoms with E-state index in [9.17, 15) is 9.59 Å². The maximum atomic E-state index is 12.1. The first kappa shape index (κ1) is 16.8. The van der Waals surface area contributed by atoms with E-state index in [0.29, 0.717) is 6.54 Å². The van der Waals surface area contributed by atoms with Gasteiger partial charge in [0.1, 0.15) is 5.75 Å². The summed E-state index contributed by atoms with van der Waals surface area (Å²) in [5, 5.41) is 0. The van der Waals surface area contributed by atoms with Gasteiger partial charge in [0.15, 0.2) is 0 Å². The Balaban J connectivity index is 2.69. The Morgan fingerprint density at radius 2 is 1.95 bits per heavy atom. The summed E-state index contributed by atoms with van der Waals surface area (Å²) in [5.74, 6) is 0.0483. The predicted molar refractivity (Wildman–Crippen MR) is 82.7 cm³/mol. The van der Waals surface area contributed by atoms with Crippen LogP contribution < -0.4 is 10.5 Å². The molecule has 21 heavy (non-hydrogen) atoms. The standard InChI is InChI=1S/C16H22N2O3/c1-3-4-11-18(12-15(17)19)16(20)10-7-13-5-8-14(21-2)9-6-13/h5-10H,3-4,11-12H2,1-2H3,(H2,17,19)/b10-7+. The van der Waals surface area contributed by atoms with Crippen LogP contribution in [0.3, 0.4) is 0 Å². The Labute approximate surface area is 125 Å². The molecule has 1 aromatic carbocycles. The van der Waals surface area contributed by atoms with Crippen LogP contribution in [0.25, 0.3) is 6.08 Å². The number of unbranched alkanes of at least 4 members (excludes halogenated alkanes) is 1. The van der Waals surface area contributed by atoms with E-state index in [1.165, 1.54) is 11.0 Å². The summed E-state index contributed by atoms with van der Waals surface area (Å²) in [4.78, 5) is 24.6. The average molecular weight is 290 g/mol. The van der Waals surface area contributed by atoms with Crippen LogP contribution in [-0.4, -0.2) is 36.9 Å². The molecular weight excluding hydrogens is 268 g/mol. The normalized spacial score (nSPS) is 10.6. The van der Waals surface area contributed by atoms with Crippen molar-refractivity contribution in [2.75, 3.05) is 20.2 Å². The van der Waals surface area contributed by atoms with Crippen molar-refractivity contribution in [3.63, 3.8) is 0 Å². The number of carbonyl (C=O) groups excluding carboxylic acids is 2. The lowest BCUT2D eigenvalue weighted by molar-refractivity contribution is -0.131. The molecule has 0 aliphatic carbocycles. The number of rotatable bonds is 8. The van der Waals surface area contributed by atoms with Crippen LogP contribution in [0.1, 0.15) is 25.3 Å². The van der Waals surface area contributed by atoms with Crippen molar-refractivity contribution in [1.29, 1.82) is 0 Å². The van der Waals surface area contributed by atoms with E-state index in [4.69, 9.17) is 10.5 Å². The van der Waals surface area contributed by atoms with Gasteiger partial charge in [0.05, 0.1) is 13.7 Å². The Bertz CT molecular complexity index is 495. The summed E-state index contributed by atoms with van der Waals surface area (Å²) >= 11 is 0. The van der Waals surface area contributed by atoms with Gasteiger partial charge < -0.3 is 15.4 Å². The van der Waals surface area contributed by atoms with Crippen molar-refractivity contribution in [2.24, 2.45) is 5.73 Å². The van der Waals surface area contributed by atoms with Crippen LogP contribution in [0.4, 0.5) is 0 Å². The van der Waals surface area contributed by atoms with Gasteiger partial charge >= 0.3 is 0 Å². The molecule has 0 bridgehead atoms. The van der Waals surface area contributed by atoms with Crippen molar-refractivity contribution in [1.82, 2.24) is 4.90 Å². The SMILES string of the molecule is CCCCN(CC(N)=O)C(=O)/C=C/c1ccc(OC)cc1. The van der Waals surface area contributed by atoms with Gasteiger partial charge in [-0.15, -0.1) is 0 Å². The first-order chi connectivity index (χ1) is 10.1. The molecule has 0 unspecified atom stereocenters. The molecule has 5 heteroatoms. The lowest BCUT2D eigenvalue weighted by Crippen LogP contribution is -2.38. The molecule has 0 saturated carbocycles. The van der Waals surface area contributed by atoms with Crippen molar-refractivity contribution < 1.29 is 14.3 Å².